The summed E-state index contributed by atoms with van der Waals surface area (Å²) < 4.78 is 33.7. The van der Waals surface area contributed by atoms with Crippen LogP contribution in [0.15, 0.2) is 60.8 Å². The fourth-order valence-electron chi connectivity index (χ4n) is 5.96. The van der Waals surface area contributed by atoms with Gasteiger partial charge in [0, 0.05) is 12.8 Å². The summed E-state index contributed by atoms with van der Waals surface area (Å²) in [6.45, 7) is 3.86. The zero-order valence-corrected chi connectivity index (χ0v) is 39.3. The molecule has 0 radical (unpaired) electrons. The normalized spacial score (nSPS) is 15.1. The van der Waals surface area contributed by atoms with Crippen molar-refractivity contribution in [3.8, 4) is 0 Å². The molecular weight excluding hydrogens is 781 g/mol. The number of phosphoric acid groups is 1. The Labute approximate surface area is 365 Å². The van der Waals surface area contributed by atoms with Crippen LogP contribution in [-0.2, 0) is 32.7 Å². The van der Waals surface area contributed by atoms with Crippen molar-refractivity contribution in [1.82, 2.24) is 0 Å². The molecule has 0 spiro atoms. The summed E-state index contributed by atoms with van der Waals surface area (Å²) in [5.74, 6) is -1.08. The molecule has 0 heterocycles. The highest BCUT2D eigenvalue weighted by Gasteiger charge is 2.22. The zero-order chi connectivity index (χ0) is 44.6. The molecule has 2 N–H and O–H groups in total. The number of aliphatic hydroxyl groups is 2. The van der Waals surface area contributed by atoms with E-state index in [-0.39, 0.29) is 26.1 Å². The molecule has 12 heteroatoms. The first kappa shape index (κ1) is 57.6. The van der Waals surface area contributed by atoms with Crippen LogP contribution in [0.4, 0.5) is 0 Å². The number of allylic oxidation sites excluding steroid dienone is 7. The van der Waals surface area contributed by atoms with Crippen LogP contribution in [0.2, 0.25) is 0 Å². The lowest BCUT2D eigenvalue weighted by Crippen LogP contribution is -2.37. The van der Waals surface area contributed by atoms with Crippen LogP contribution in [0.25, 0.3) is 0 Å². The average molecular weight is 868 g/mol. The summed E-state index contributed by atoms with van der Waals surface area (Å²) in [5, 5.41) is 20.4. The van der Waals surface area contributed by atoms with Gasteiger partial charge in [-0.15, -0.1) is 0 Å². The molecule has 60 heavy (non-hydrogen) atoms. The van der Waals surface area contributed by atoms with Crippen molar-refractivity contribution in [3.05, 3.63) is 60.8 Å². The first-order valence-electron chi connectivity index (χ1n) is 23.2. The van der Waals surface area contributed by atoms with Gasteiger partial charge >= 0.3 is 11.9 Å². The number of unbranched alkanes of at least 4 members (excludes halogenated alkanes) is 16. The fourth-order valence-corrected chi connectivity index (χ4v) is 6.69. The zero-order valence-electron chi connectivity index (χ0n) is 38.4. The second-order valence-corrected chi connectivity index (χ2v) is 18.2. The van der Waals surface area contributed by atoms with E-state index in [1.165, 1.54) is 83.5 Å². The Morgan fingerprint density at radius 2 is 1.12 bits per heavy atom. The summed E-state index contributed by atoms with van der Waals surface area (Å²) in [5.41, 5.74) is 0. The average Bonchev–Trinajstić information content (AvgIpc) is 3.19. The summed E-state index contributed by atoms with van der Waals surface area (Å²) in [4.78, 5) is 37.6. The Balaban J connectivity index is 4.60. The van der Waals surface area contributed by atoms with E-state index in [4.69, 9.17) is 18.5 Å². The second-order valence-electron chi connectivity index (χ2n) is 16.8. The van der Waals surface area contributed by atoms with E-state index in [0.717, 1.165) is 32.1 Å². The fraction of sp³-hybridized carbons (Fsp3) is 0.750. The number of rotatable bonds is 41. The predicted molar refractivity (Wildman–Crippen MR) is 243 cm³/mol. The van der Waals surface area contributed by atoms with Crippen LogP contribution in [0.3, 0.4) is 0 Å². The third-order valence-corrected chi connectivity index (χ3v) is 10.7. The van der Waals surface area contributed by atoms with Crippen LogP contribution in [0, 0.1) is 0 Å². The van der Waals surface area contributed by atoms with E-state index in [1.54, 1.807) is 36.5 Å². The Kier molecular flexibility index (Phi) is 37.9. The number of hydrogen-bond donors (Lipinski definition) is 2. The largest absolute Gasteiger partial charge is 0.756 e. The second kappa shape index (κ2) is 39.5. The third kappa shape index (κ3) is 42.3. The number of carbonyl (C=O) groups is 2. The van der Waals surface area contributed by atoms with Crippen molar-refractivity contribution < 1.29 is 52.3 Å². The van der Waals surface area contributed by atoms with Gasteiger partial charge in [-0.3, -0.25) is 14.2 Å². The van der Waals surface area contributed by atoms with Crippen molar-refractivity contribution in [2.24, 2.45) is 0 Å². The van der Waals surface area contributed by atoms with Gasteiger partial charge in [-0.1, -0.05) is 152 Å². The molecule has 348 valence electrons. The SMILES string of the molecule is CCCCC/C=C\C[C@H](O)/C=C/C=C/C=C\[C@H](O)CCCC(=O)O[C@H](COC(=O)CCCCCCCCC/C=C\CCCCCCCC)COP(=O)([O-])OCC[N+](C)(C)C. The smallest absolute Gasteiger partial charge is 0.306 e. The van der Waals surface area contributed by atoms with Gasteiger partial charge in [-0.25, -0.2) is 0 Å². The predicted octanol–water partition coefficient (Wildman–Crippen LogP) is 10.6. The molecule has 0 aliphatic rings. The molecule has 0 rings (SSSR count). The highest BCUT2D eigenvalue weighted by molar-refractivity contribution is 7.45. The molecule has 0 fully saturated rings. The van der Waals surface area contributed by atoms with Gasteiger partial charge in [0.25, 0.3) is 7.82 Å². The standard InChI is InChI=1S/C48H86NO10P/c1-6-8-10-12-14-15-16-17-18-19-20-21-22-23-24-26-32-38-47(52)56-42-46(43-58-60(54,55)57-41-40-49(3,4)5)59-48(53)39-33-37-45(51)36-31-28-27-30-35-44(50)34-29-25-13-11-9-7-2/h17-18,25,27-31,35-36,44-46,50-51H,6-16,19-24,26,32-34,37-43H2,1-5H3/b18-17-,28-27+,29-25-,35-30+,36-31-/t44-,45-,46+/m0/s1. The number of carbonyl (C=O) groups excluding carboxylic acids is 2. The quantitative estimate of drug-likeness (QED) is 0.0152. The molecule has 0 aliphatic heterocycles. The minimum absolute atomic E-state index is 0.0378. The minimum Gasteiger partial charge on any atom is -0.756 e. The molecule has 11 nitrogen and oxygen atoms in total. The van der Waals surface area contributed by atoms with Crippen molar-refractivity contribution >= 4 is 19.8 Å². The Morgan fingerprint density at radius 1 is 0.617 bits per heavy atom. The lowest BCUT2D eigenvalue weighted by molar-refractivity contribution is -0.870. The van der Waals surface area contributed by atoms with E-state index in [1.807, 2.05) is 27.2 Å². The topological polar surface area (TPSA) is 152 Å². The van der Waals surface area contributed by atoms with Gasteiger partial charge in [0.05, 0.1) is 40.0 Å². The Hall–Kier alpha value is -2.37. The lowest BCUT2D eigenvalue weighted by atomic mass is 10.1. The van der Waals surface area contributed by atoms with Crippen LogP contribution in [0.1, 0.15) is 168 Å². The first-order valence-corrected chi connectivity index (χ1v) is 24.7. The molecule has 0 saturated carbocycles. The Morgan fingerprint density at radius 3 is 1.72 bits per heavy atom. The number of esters is 2. The first-order chi connectivity index (χ1) is 28.8. The van der Waals surface area contributed by atoms with E-state index < -0.39 is 44.7 Å². The summed E-state index contributed by atoms with van der Waals surface area (Å²) >= 11 is 0. The lowest BCUT2D eigenvalue weighted by Gasteiger charge is -2.28. The molecule has 1 unspecified atom stereocenters. The summed E-state index contributed by atoms with van der Waals surface area (Å²) in [7, 11) is 1.00. The monoisotopic (exact) mass is 868 g/mol. The maximum atomic E-state index is 12.7. The molecule has 0 aromatic rings. The van der Waals surface area contributed by atoms with Crippen molar-refractivity contribution in [1.29, 1.82) is 0 Å². The van der Waals surface area contributed by atoms with Crippen LogP contribution >= 0.6 is 7.82 Å². The van der Waals surface area contributed by atoms with Gasteiger partial charge in [0.2, 0.25) is 0 Å². The van der Waals surface area contributed by atoms with E-state index >= 15 is 0 Å². The van der Waals surface area contributed by atoms with Crippen molar-refractivity contribution in [2.45, 2.75) is 186 Å². The number of likely N-dealkylation sites (N-methyl/N-ethyl adjacent to an activating group) is 1. The van der Waals surface area contributed by atoms with Gasteiger partial charge in [0.1, 0.15) is 19.8 Å². The molecule has 4 atom stereocenters. The van der Waals surface area contributed by atoms with Gasteiger partial charge in [-0.05, 0) is 64.2 Å². The summed E-state index contributed by atoms with van der Waals surface area (Å²) in [6, 6.07) is 0. The number of hydrogen-bond acceptors (Lipinski definition) is 10. The Bertz CT molecular complexity index is 1240. The van der Waals surface area contributed by atoms with Crippen molar-refractivity contribution in [3.63, 3.8) is 0 Å². The molecule has 0 aliphatic carbocycles. The molecule has 0 bridgehead atoms. The van der Waals surface area contributed by atoms with E-state index in [0.29, 0.717) is 36.7 Å². The maximum Gasteiger partial charge on any atom is 0.306 e. The molecule has 0 aromatic heterocycles. The maximum absolute atomic E-state index is 12.7. The van der Waals surface area contributed by atoms with Crippen LogP contribution < -0.4 is 4.89 Å². The third-order valence-electron chi connectivity index (χ3n) is 9.70. The molecule has 0 amide bonds. The van der Waals surface area contributed by atoms with Crippen LogP contribution in [0.5, 0.6) is 0 Å². The summed E-state index contributed by atoms with van der Waals surface area (Å²) in [6.07, 6.45) is 40.2. The highest BCUT2D eigenvalue weighted by atomic mass is 31.2. The number of quaternary nitrogens is 1. The van der Waals surface area contributed by atoms with E-state index in [2.05, 4.69) is 32.1 Å². The number of phosphoric ester groups is 1. The van der Waals surface area contributed by atoms with Gasteiger partial charge in [0.15, 0.2) is 6.10 Å². The van der Waals surface area contributed by atoms with Gasteiger partial charge in [-0.2, -0.15) is 0 Å². The molecule has 0 aromatic carbocycles. The van der Waals surface area contributed by atoms with E-state index in [9.17, 15) is 29.3 Å². The number of nitrogens with zero attached hydrogens (tertiary/aromatic N) is 1. The number of aliphatic hydroxyl groups excluding tert-OH is 2. The highest BCUT2D eigenvalue weighted by Crippen LogP contribution is 2.38. The minimum atomic E-state index is -4.70. The number of ether oxygens (including phenoxy) is 2. The van der Waals surface area contributed by atoms with Crippen LogP contribution in [-0.4, -0.2) is 92.5 Å². The van der Waals surface area contributed by atoms with Crippen molar-refractivity contribution in [2.75, 3.05) is 47.5 Å². The van der Waals surface area contributed by atoms with Gasteiger partial charge < -0.3 is 38.1 Å². The molecular formula is C48H86NO10P. The molecule has 0 saturated heterocycles.